The number of anilines is 1. The lowest BCUT2D eigenvalue weighted by atomic mass is 10.2. The number of benzene rings is 2. The maximum Gasteiger partial charge on any atom is 0.263 e. The molecule has 0 aliphatic heterocycles. The van der Waals surface area contributed by atoms with Gasteiger partial charge in [0.2, 0.25) is 0 Å². The maximum atomic E-state index is 12.4. The first-order chi connectivity index (χ1) is 9.29. The van der Waals surface area contributed by atoms with E-state index < -0.39 is 10.0 Å². The van der Waals surface area contributed by atoms with Crippen LogP contribution in [0.1, 0.15) is 5.56 Å². The summed E-state index contributed by atoms with van der Waals surface area (Å²) in [5, 5.41) is 0. The third kappa shape index (κ3) is 3.75. The van der Waals surface area contributed by atoms with E-state index in [1.54, 1.807) is 24.3 Å². The molecule has 0 heterocycles. The summed E-state index contributed by atoms with van der Waals surface area (Å²) in [6.45, 7) is 1.87. The van der Waals surface area contributed by atoms with Crippen LogP contribution in [0.2, 0.25) is 0 Å². The minimum atomic E-state index is -3.62. The lowest BCUT2D eigenvalue weighted by molar-refractivity contribution is 0.600. The Morgan fingerprint density at radius 3 is 2.40 bits per heavy atom. The molecule has 2 aromatic rings. The zero-order valence-electron chi connectivity index (χ0n) is 10.3. The second-order valence-electron chi connectivity index (χ2n) is 4.14. The molecule has 0 aromatic heterocycles. The van der Waals surface area contributed by atoms with E-state index in [1.165, 1.54) is 0 Å². The summed E-state index contributed by atoms with van der Waals surface area (Å²) in [7, 11) is -3.62. The largest absolute Gasteiger partial charge is 0.279 e. The van der Waals surface area contributed by atoms with E-state index in [0.29, 0.717) is 10.2 Å². The molecule has 0 spiro atoms. The van der Waals surface area contributed by atoms with Gasteiger partial charge in [0.25, 0.3) is 10.0 Å². The minimum absolute atomic E-state index is 0.207. The molecule has 0 saturated heterocycles. The molecule has 0 saturated carbocycles. The Morgan fingerprint density at radius 2 is 1.80 bits per heavy atom. The Labute approximate surface area is 148 Å². The van der Waals surface area contributed by atoms with Crippen LogP contribution in [0.15, 0.2) is 50.2 Å². The number of hydrogen-bond donors (Lipinski definition) is 1. The van der Waals surface area contributed by atoms with Gasteiger partial charge in [0.1, 0.15) is 4.90 Å². The van der Waals surface area contributed by atoms with Gasteiger partial charge in [-0.15, -0.1) is 0 Å². The van der Waals surface area contributed by atoms with Crippen molar-refractivity contribution < 1.29 is 8.42 Å². The van der Waals surface area contributed by atoms with Crippen molar-refractivity contribution >= 4 is 70.2 Å². The molecule has 3 nitrogen and oxygen atoms in total. The van der Waals surface area contributed by atoms with E-state index in [9.17, 15) is 8.42 Å². The summed E-state index contributed by atoms with van der Waals surface area (Å²) in [4.78, 5) is 0.207. The average Bonchev–Trinajstić information content (AvgIpc) is 2.32. The van der Waals surface area contributed by atoms with Crippen LogP contribution in [0.25, 0.3) is 0 Å². The van der Waals surface area contributed by atoms with Crippen molar-refractivity contribution in [3.63, 3.8) is 0 Å². The summed E-state index contributed by atoms with van der Waals surface area (Å²) in [6, 6.07) is 10.5. The molecule has 0 bridgehead atoms. The zero-order valence-corrected chi connectivity index (χ0v) is 16.5. The Bertz CT molecular complexity index is 763. The summed E-state index contributed by atoms with van der Waals surface area (Å²) >= 11 is 8.77. The van der Waals surface area contributed by atoms with Crippen molar-refractivity contribution in [3.8, 4) is 0 Å². The number of rotatable bonds is 3. The standard InChI is InChI=1S/C13H10Br2INO2S/c1-8-6-10(16)3-4-12(8)17-20(18,19)13-5-2-9(14)7-11(13)15/h2-7,17H,1H3. The Morgan fingerprint density at radius 1 is 1.10 bits per heavy atom. The topological polar surface area (TPSA) is 46.2 Å². The molecule has 1 N–H and O–H groups in total. The van der Waals surface area contributed by atoms with Crippen LogP contribution in [0.4, 0.5) is 5.69 Å². The van der Waals surface area contributed by atoms with Crippen molar-refractivity contribution in [1.82, 2.24) is 0 Å². The van der Waals surface area contributed by atoms with Gasteiger partial charge in [-0.2, -0.15) is 0 Å². The van der Waals surface area contributed by atoms with Gasteiger partial charge < -0.3 is 0 Å². The second kappa shape index (κ2) is 6.33. The van der Waals surface area contributed by atoms with Gasteiger partial charge >= 0.3 is 0 Å². The van der Waals surface area contributed by atoms with E-state index in [-0.39, 0.29) is 4.90 Å². The molecule has 0 radical (unpaired) electrons. The zero-order chi connectivity index (χ0) is 14.9. The summed E-state index contributed by atoms with van der Waals surface area (Å²) < 4.78 is 29.8. The first-order valence-electron chi connectivity index (χ1n) is 5.53. The summed E-state index contributed by atoms with van der Waals surface area (Å²) in [5.74, 6) is 0. The fourth-order valence-corrected chi connectivity index (χ4v) is 5.16. The van der Waals surface area contributed by atoms with E-state index >= 15 is 0 Å². The van der Waals surface area contributed by atoms with E-state index in [1.807, 2.05) is 19.1 Å². The van der Waals surface area contributed by atoms with Crippen LogP contribution in [0, 0.1) is 10.5 Å². The summed E-state index contributed by atoms with van der Waals surface area (Å²) in [6.07, 6.45) is 0. The molecule has 0 aliphatic rings. The highest BCUT2D eigenvalue weighted by molar-refractivity contribution is 14.1. The quantitative estimate of drug-likeness (QED) is 0.572. The molecular weight excluding hydrogens is 521 g/mol. The minimum Gasteiger partial charge on any atom is -0.279 e. The molecule has 20 heavy (non-hydrogen) atoms. The highest BCUT2D eigenvalue weighted by Crippen LogP contribution is 2.28. The van der Waals surface area contributed by atoms with Crippen molar-refractivity contribution in [2.75, 3.05) is 4.72 Å². The Hall–Kier alpha value is -0.120. The molecule has 0 aliphatic carbocycles. The molecule has 106 valence electrons. The van der Waals surface area contributed by atoms with Gasteiger partial charge in [0, 0.05) is 12.5 Å². The maximum absolute atomic E-state index is 12.4. The molecule has 0 fully saturated rings. The molecule has 0 amide bonds. The second-order valence-corrected chi connectivity index (χ2v) is 8.81. The Kier molecular flexibility index (Phi) is 5.14. The molecule has 7 heteroatoms. The highest BCUT2D eigenvalue weighted by atomic mass is 127. The number of hydrogen-bond acceptors (Lipinski definition) is 2. The number of aryl methyl sites for hydroxylation is 1. The molecular formula is C13H10Br2INO2S. The number of nitrogens with one attached hydrogen (secondary N) is 1. The van der Waals surface area contributed by atoms with Crippen molar-refractivity contribution in [2.24, 2.45) is 0 Å². The Balaban J connectivity index is 2.41. The van der Waals surface area contributed by atoms with E-state index in [4.69, 9.17) is 0 Å². The van der Waals surface area contributed by atoms with Crippen molar-refractivity contribution in [2.45, 2.75) is 11.8 Å². The molecule has 0 unspecified atom stereocenters. The lowest BCUT2D eigenvalue weighted by Gasteiger charge is -2.12. The van der Waals surface area contributed by atoms with Crippen molar-refractivity contribution in [1.29, 1.82) is 0 Å². The molecule has 2 rings (SSSR count). The third-order valence-corrected chi connectivity index (χ3v) is 6.12. The third-order valence-electron chi connectivity index (χ3n) is 2.62. The summed E-state index contributed by atoms with van der Waals surface area (Å²) in [5.41, 5.74) is 1.47. The predicted octanol–water partition coefficient (Wildman–Crippen LogP) is 4.93. The number of halogens is 3. The van der Waals surface area contributed by atoms with Gasteiger partial charge in [0.05, 0.1) is 5.69 Å². The highest BCUT2D eigenvalue weighted by Gasteiger charge is 2.18. The van der Waals surface area contributed by atoms with Crippen LogP contribution in [0.5, 0.6) is 0 Å². The first-order valence-corrected chi connectivity index (χ1v) is 9.68. The molecule has 0 atom stereocenters. The van der Waals surface area contributed by atoms with Crippen molar-refractivity contribution in [3.05, 3.63) is 54.5 Å². The smallest absolute Gasteiger partial charge is 0.263 e. The van der Waals surface area contributed by atoms with E-state index in [2.05, 4.69) is 59.2 Å². The lowest BCUT2D eigenvalue weighted by Crippen LogP contribution is -2.14. The van der Waals surface area contributed by atoms with Crippen LogP contribution < -0.4 is 4.72 Å². The van der Waals surface area contributed by atoms with Gasteiger partial charge in [0.15, 0.2) is 0 Å². The van der Waals surface area contributed by atoms with Crippen LogP contribution in [-0.2, 0) is 10.0 Å². The molecule has 2 aromatic carbocycles. The fourth-order valence-electron chi connectivity index (χ4n) is 1.63. The fraction of sp³-hybridized carbons (Fsp3) is 0.0769. The number of sulfonamides is 1. The van der Waals surface area contributed by atoms with Crippen LogP contribution >= 0.6 is 54.5 Å². The monoisotopic (exact) mass is 529 g/mol. The van der Waals surface area contributed by atoms with Gasteiger partial charge in [-0.05, 0) is 87.4 Å². The van der Waals surface area contributed by atoms with Gasteiger partial charge in [-0.1, -0.05) is 15.9 Å². The van der Waals surface area contributed by atoms with Gasteiger partial charge in [-0.3, -0.25) is 4.72 Å². The van der Waals surface area contributed by atoms with Crippen LogP contribution in [-0.4, -0.2) is 8.42 Å². The van der Waals surface area contributed by atoms with Crippen LogP contribution in [0.3, 0.4) is 0 Å². The van der Waals surface area contributed by atoms with E-state index in [0.717, 1.165) is 13.6 Å². The first kappa shape index (κ1) is 16.3. The SMILES string of the molecule is Cc1cc(I)ccc1NS(=O)(=O)c1ccc(Br)cc1Br. The normalized spacial score (nSPS) is 11.4. The average molecular weight is 531 g/mol. The predicted molar refractivity (Wildman–Crippen MR) is 96.5 cm³/mol. The van der Waals surface area contributed by atoms with Gasteiger partial charge in [-0.25, -0.2) is 8.42 Å².